The molecule has 1 unspecified atom stereocenters. The van der Waals surface area contributed by atoms with Crippen molar-refractivity contribution in [1.29, 1.82) is 0 Å². The van der Waals surface area contributed by atoms with Crippen molar-refractivity contribution >= 4 is 11.8 Å². The summed E-state index contributed by atoms with van der Waals surface area (Å²) in [5.41, 5.74) is 0. The molecule has 0 aromatic heterocycles. The van der Waals surface area contributed by atoms with Crippen molar-refractivity contribution in [1.82, 2.24) is 0 Å². The van der Waals surface area contributed by atoms with Crippen LogP contribution in [0.4, 0.5) is 0 Å². The summed E-state index contributed by atoms with van der Waals surface area (Å²) in [5, 5.41) is 8.70. The first-order valence-corrected chi connectivity index (χ1v) is 6.27. The van der Waals surface area contributed by atoms with Crippen LogP contribution in [0.25, 0.3) is 0 Å². The summed E-state index contributed by atoms with van der Waals surface area (Å²) in [5.74, 6) is -1.72. The Morgan fingerprint density at radius 1 is 1.43 bits per heavy atom. The number of Topliss-reactive ketones (excluding diaryl/α,β-unsaturated/α-hetero) is 1. The zero-order valence-electron chi connectivity index (χ0n) is 8.74. The van der Waals surface area contributed by atoms with Gasteiger partial charge in [0.2, 0.25) is 0 Å². The van der Waals surface area contributed by atoms with Crippen molar-refractivity contribution in [2.45, 2.75) is 25.5 Å². The van der Waals surface area contributed by atoms with Gasteiger partial charge in [-0.3, -0.25) is 0 Å². The molecule has 14 heavy (non-hydrogen) atoms. The number of carbonyl (C=O) groups is 2. The van der Waals surface area contributed by atoms with Gasteiger partial charge in [0, 0.05) is 0 Å². The van der Waals surface area contributed by atoms with E-state index in [1.165, 1.54) is 6.92 Å². The molecule has 0 spiro atoms. The Balaban J connectivity index is 3.73. The van der Waals surface area contributed by atoms with Crippen molar-refractivity contribution in [3.05, 3.63) is 0 Å². The van der Waals surface area contributed by atoms with Gasteiger partial charge in [0.25, 0.3) is 0 Å². The standard InChI is InChI=1S/C5H7O3.C4H9O.Ti/c1-3(4(2)6)5(7)8;1-4(2)3-5;/h3H,1H2,2H3,(H,7,8);4H,3H2,1-2H3;/q;-1;+1. The average Bonchev–Trinajstić information content (AvgIpc) is 2.01. The van der Waals surface area contributed by atoms with Gasteiger partial charge in [-0.2, -0.15) is 0 Å². The Labute approximate surface area is 93.4 Å². The second kappa shape index (κ2) is 7.15. The molecule has 0 bridgehead atoms. The molecule has 0 rings (SSSR count). The van der Waals surface area contributed by atoms with Crippen LogP contribution < -0.4 is 0 Å². The Hall–Kier alpha value is -0.186. The van der Waals surface area contributed by atoms with Crippen molar-refractivity contribution < 1.29 is 37.6 Å². The van der Waals surface area contributed by atoms with Crippen LogP contribution >= 0.6 is 0 Å². The molecule has 1 N–H and O–H groups in total. The predicted octanol–water partition coefficient (Wildman–Crippen LogP) is 1.36. The van der Waals surface area contributed by atoms with E-state index in [4.69, 9.17) is 8.42 Å². The molecule has 0 radical (unpaired) electrons. The van der Waals surface area contributed by atoms with Crippen molar-refractivity contribution in [3.8, 4) is 0 Å². The molecule has 0 aliphatic heterocycles. The monoisotopic (exact) mass is 236 g/mol. The van der Waals surface area contributed by atoms with E-state index >= 15 is 0 Å². The normalized spacial score (nSPS) is 12.6. The number of carboxylic acids is 1. The number of hydrogen-bond acceptors (Lipinski definition) is 3. The first-order chi connectivity index (χ1) is 6.45. The SMILES string of the molecule is CC(=O)C([CH2][Ti][O]CC(C)C)C(=O)O. The summed E-state index contributed by atoms with van der Waals surface area (Å²) >= 11 is -0.747. The summed E-state index contributed by atoms with van der Waals surface area (Å²) in [4.78, 5) is 21.5. The third-order valence-electron chi connectivity index (χ3n) is 1.60. The van der Waals surface area contributed by atoms with Gasteiger partial charge in [-0.1, -0.05) is 0 Å². The Morgan fingerprint density at radius 3 is 2.36 bits per heavy atom. The van der Waals surface area contributed by atoms with Crippen LogP contribution in [-0.2, 0) is 32.4 Å². The molecule has 0 amide bonds. The molecule has 0 heterocycles. The van der Waals surface area contributed by atoms with Crippen molar-refractivity contribution in [3.63, 3.8) is 0 Å². The van der Waals surface area contributed by atoms with Gasteiger partial charge in [0.05, 0.1) is 0 Å². The fourth-order valence-corrected chi connectivity index (χ4v) is 2.64. The predicted molar refractivity (Wildman–Crippen MR) is 47.4 cm³/mol. The van der Waals surface area contributed by atoms with Gasteiger partial charge < -0.3 is 0 Å². The first-order valence-electron chi connectivity index (χ1n) is 4.53. The molecule has 80 valence electrons. The number of ketones is 1. The van der Waals surface area contributed by atoms with E-state index in [-0.39, 0.29) is 5.78 Å². The van der Waals surface area contributed by atoms with Gasteiger partial charge in [0.15, 0.2) is 0 Å². The topological polar surface area (TPSA) is 63.6 Å². The molecule has 5 heteroatoms. The molecule has 0 aliphatic carbocycles. The van der Waals surface area contributed by atoms with Gasteiger partial charge in [-0.05, 0) is 0 Å². The second-order valence-corrected chi connectivity index (χ2v) is 5.09. The number of carboxylic acid groups (broad SMARTS) is 1. The number of rotatable bonds is 7. The third-order valence-corrected chi connectivity index (χ3v) is 3.07. The van der Waals surface area contributed by atoms with Crippen LogP contribution in [0.15, 0.2) is 0 Å². The Kier molecular flexibility index (Phi) is 7.06. The number of carbonyl (C=O) groups excluding carboxylic acids is 1. The Morgan fingerprint density at radius 2 is 2.00 bits per heavy atom. The maximum absolute atomic E-state index is 10.9. The Bertz CT molecular complexity index is 189. The van der Waals surface area contributed by atoms with Crippen LogP contribution in [0.1, 0.15) is 20.8 Å². The van der Waals surface area contributed by atoms with E-state index in [2.05, 4.69) is 0 Å². The minimum absolute atomic E-state index is 0.283. The van der Waals surface area contributed by atoms with Crippen LogP contribution in [0.2, 0.25) is 4.73 Å². The quantitative estimate of drug-likeness (QED) is 0.412. The fourth-order valence-electron chi connectivity index (χ4n) is 0.773. The van der Waals surface area contributed by atoms with Gasteiger partial charge in [-0.15, -0.1) is 0 Å². The zero-order chi connectivity index (χ0) is 11.1. The maximum atomic E-state index is 10.9. The van der Waals surface area contributed by atoms with E-state index in [1.54, 1.807) is 0 Å². The first kappa shape index (κ1) is 13.8. The molecule has 1 atom stereocenters. The molecular weight excluding hydrogens is 220 g/mol. The van der Waals surface area contributed by atoms with Crippen LogP contribution in [0.3, 0.4) is 0 Å². The van der Waals surface area contributed by atoms with Gasteiger partial charge >= 0.3 is 93.2 Å². The average molecular weight is 236 g/mol. The second-order valence-electron chi connectivity index (χ2n) is 3.55. The molecular formula is C9H16O4Ti. The molecule has 0 saturated heterocycles. The zero-order valence-corrected chi connectivity index (χ0v) is 10.3. The summed E-state index contributed by atoms with van der Waals surface area (Å²) < 4.78 is 5.72. The molecule has 0 aromatic carbocycles. The third kappa shape index (κ3) is 6.30. The van der Waals surface area contributed by atoms with Crippen molar-refractivity contribution in [2.75, 3.05) is 6.61 Å². The van der Waals surface area contributed by atoms with E-state index < -0.39 is 31.4 Å². The summed E-state index contributed by atoms with van der Waals surface area (Å²) in [6, 6.07) is 0. The van der Waals surface area contributed by atoms with Gasteiger partial charge in [-0.25, -0.2) is 0 Å². The van der Waals surface area contributed by atoms with E-state index in [1.807, 2.05) is 13.8 Å². The molecule has 4 nitrogen and oxygen atoms in total. The number of aliphatic carboxylic acids is 1. The van der Waals surface area contributed by atoms with Crippen LogP contribution in [-0.4, -0.2) is 23.5 Å². The summed E-state index contributed by atoms with van der Waals surface area (Å²) in [7, 11) is 0. The van der Waals surface area contributed by atoms with Gasteiger partial charge in [0.1, 0.15) is 0 Å². The summed E-state index contributed by atoms with van der Waals surface area (Å²) in [6.45, 7) is 6.04. The van der Waals surface area contributed by atoms with Crippen LogP contribution in [0.5, 0.6) is 0 Å². The fraction of sp³-hybridized carbons (Fsp3) is 0.778. The minimum atomic E-state index is -1.03. The van der Waals surface area contributed by atoms with E-state index in [0.717, 1.165) is 0 Å². The molecule has 0 aliphatic rings. The molecule has 0 saturated carbocycles. The van der Waals surface area contributed by atoms with Crippen molar-refractivity contribution in [2.24, 2.45) is 11.8 Å². The summed E-state index contributed by atoms with van der Waals surface area (Å²) in [6.07, 6.45) is 0. The van der Waals surface area contributed by atoms with Crippen LogP contribution in [0, 0.1) is 11.8 Å². The van der Waals surface area contributed by atoms with E-state index in [9.17, 15) is 9.59 Å². The molecule has 0 aromatic rings. The molecule has 0 fully saturated rings. The number of hydrogen-bond donors (Lipinski definition) is 1. The van der Waals surface area contributed by atoms with E-state index in [0.29, 0.717) is 17.3 Å².